The van der Waals surface area contributed by atoms with Gasteiger partial charge in [0, 0.05) is 35.6 Å². The normalized spacial score (nSPS) is 17.0. The molecule has 8 heteroatoms. The van der Waals surface area contributed by atoms with Crippen LogP contribution in [0.4, 0.5) is 0 Å². The lowest BCUT2D eigenvalue weighted by molar-refractivity contribution is -0.138. The van der Waals surface area contributed by atoms with Crippen molar-refractivity contribution in [3.63, 3.8) is 0 Å². The lowest BCUT2D eigenvalue weighted by Crippen LogP contribution is -2.43. The van der Waals surface area contributed by atoms with Crippen molar-refractivity contribution in [3.8, 4) is 11.1 Å². The summed E-state index contributed by atoms with van der Waals surface area (Å²) in [6, 6.07) is 11.9. The number of thiophene rings is 1. The first kappa shape index (κ1) is 18.0. The number of hydrogen-bond acceptors (Lipinski definition) is 6. The first-order valence-corrected chi connectivity index (χ1v) is 10.3. The van der Waals surface area contributed by atoms with Gasteiger partial charge in [0.25, 0.3) is 0 Å². The standard InChI is InChI=1S/C21H19N5O2S/c27-20(12-17-2-1-11-29-17)25-9-10-28-19(14-25)21-18-4-3-16(13-26(18)24-23-21)15-5-7-22-8-6-15/h1-8,11,13,19H,9-10,12,14H2/t19-/m0/s1. The van der Waals surface area contributed by atoms with E-state index in [0.717, 1.165) is 27.2 Å². The van der Waals surface area contributed by atoms with Gasteiger partial charge in [0.15, 0.2) is 0 Å². The van der Waals surface area contributed by atoms with Gasteiger partial charge in [-0.1, -0.05) is 17.3 Å². The van der Waals surface area contributed by atoms with E-state index < -0.39 is 0 Å². The largest absolute Gasteiger partial charge is 0.368 e. The van der Waals surface area contributed by atoms with Gasteiger partial charge in [-0.3, -0.25) is 9.78 Å². The number of amides is 1. The quantitative estimate of drug-likeness (QED) is 0.522. The third-order valence-electron chi connectivity index (χ3n) is 5.08. The Morgan fingerprint density at radius 2 is 2.07 bits per heavy atom. The van der Waals surface area contributed by atoms with Crippen molar-refractivity contribution in [1.82, 2.24) is 24.7 Å². The van der Waals surface area contributed by atoms with Gasteiger partial charge in [-0.25, -0.2) is 4.52 Å². The van der Waals surface area contributed by atoms with E-state index in [0.29, 0.717) is 26.1 Å². The van der Waals surface area contributed by atoms with Crippen molar-refractivity contribution in [3.05, 3.63) is 70.9 Å². The summed E-state index contributed by atoms with van der Waals surface area (Å²) in [5.41, 5.74) is 3.76. The summed E-state index contributed by atoms with van der Waals surface area (Å²) in [5, 5.41) is 10.6. The second-order valence-corrected chi connectivity index (χ2v) is 7.95. The number of aromatic nitrogens is 4. The molecule has 0 bridgehead atoms. The number of morpholine rings is 1. The van der Waals surface area contributed by atoms with Crippen LogP contribution in [0.15, 0.2) is 60.4 Å². The molecule has 0 unspecified atom stereocenters. The topological polar surface area (TPSA) is 72.6 Å². The second kappa shape index (κ2) is 7.73. The molecule has 5 heterocycles. The van der Waals surface area contributed by atoms with Crippen LogP contribution < -0.4 is 0 Å². The minimum absolute atomic E-state index is 0.122. The molecule has 4 aromatic rings. The monoisotopic (exact) mass is 405 g/mol. The molecule has 4 aromatic heterocycles. The number of nitrogens with zero attached hydrogens (tertiary/aromatic N) is 5. The summed E-state index contributed by atoms with van der Waals surface area (Å²) >= 11 is 1.61. The van der Waals surface area contributed by atoms with Crippen molar-refractivity contribution in [2.24, 2.45) is 0 Å². The van der Waals surface area contributed by atoms with Crippen LogP contribution in [0, 0.1) is 0 Å². The highest BCUT2D eigenvalue weighted by atomic mass is 32.1. The van der Waals surface area contributed by atoms with Crippen molar-refractivity contribution in [1.29, 1.82) is 0 Å². The molecule has 0 N–H and O–H groups in total. The zero-order chi connectivity index (χ0) is 19.6. The van der Waals surface area contributed by atoms with Crippen LogP contribution in [0.2, 0.25) is 0 Å². The molecule has 0 saturated carbocycles. The van der Waals surface area contributed by atoms with Crippen LogP contribution in [0.3, 0.4) is 0 Å². The molecule has 1 amide bonds. The Bertz CT molecular complexity index is 1130. The maximum atomic E-state index is 12.7. The molecule has 0 aromatic carbocycles. The average molecular weight is 405 g/mol. The van der Waals surface area contributed by atoms with Crippen LogP contribution in [-0.2, 0) is 16.0 Å². The van der Waals surface area contributed by atoms with E-state index >= 15 is 0 Å². The summed E-state index contributed by atoms with van der Waals surface area (Å²) in [5.74, 6) is 0.122. The Morgan fingerprint density at radius 3 is 2.90 bits per heavy atom. The molecule has 1 saturated heterocycles. The molecule has 1 aliphatic rings. The van der Waals surface area contributed by atoms with Gasteiger partial charge in [0.1, 0.15) is 11.8 Å². The summed E-state index contributed by atoms with van der Waals surface area (Å²) < 4.78 is 7.71. The molecule has 0 radical (unpaired) electrons. The number of carbonyl (C=O) groups excluding carboxylic acids is 1. The molecular weight excluding hydrogens is 386 g/mol. The van der Waals surface area contributed by atoms with E-state index in [1.165, 1.54) is 0 Å². The van der Waals surface area contributed by atoms with Crippen LogP contribution >= 0.6 is 11.3 Å². The molecule has 1 fully saturated rings. The minimum atomic E-state index is -0.277. The Morgan fingerprint density at radius 1 is 1.17 bits per heavy atom. The van der Waals surface area contributed by atoms with E-state index in [1.54, 1.807) is 28.2 Å². The summed E-state index contributed by atoms with van der Waals surface area (Å²) in [6.07, 6.45) is 5.64. The minimum Gasteiger partial charge on any atom is -0.368 e. The van der Waals surface area contributed by atoms with E-state index in [1.807, 2.05) is 52.9 Å². The summed E-state index contributed by atoms with van der Waals surface area (Å²) in [6.45, 7) is 1.59. The fourth-order valence-electron chi connectivity index (χ4n) is 3.57. The average Bonchev–Trinajstić information content (AvgIpc) is 3.43. The molecular formula is C21H19N5O2S. The lowest BCUT2D eigenvalue weighted by atomic mass is 10.1. The van der Waals surface area contributed by atoms with Crippen LogP contribution in [0.25, 0.3) is 16.6 Å². The van der Waals surface area contributed by atoms with Gasteiger partial charge in [0.05, 0.1) is 25.1 Å². The second-order valence-electron chi connectivity index (χ2n) is 6.91. The first-order chi connectivity index (χ1) is 14.3. The molecule has 1 atom stereocenters. The predicted molar refractivity (Wildman–Crippen MR) is 110 cm³/mol. The first-order valence-electron chi connectivity index (χ1n) is 9.45. The SMILES string of the molecule is O=C(Cc1cccs1)N1CCO[C@H](c2nnn3cc(-c4ccncc4)ccc23)C1. The molecule has 5 rings (SSSR count). The fourth-order valence-corrected chi connectivity index (χ4v) is 4.27. The van der Waals surface area contributed by atoms with Gasteiger partial charge >= 0.3 is 0 Å². The van der Waals surface area contributed by atoms with Crippen LogP contribution in [0.1, 0.15) is 16.7 Å². The van der Waals surface area contributed by atoms with Gasteiger partial charge in [0.2, 0.25) is 5.91 Å². The van der Waals surface area contributed by atoms with Crippen molar-refractivity contribution >= 4 is 22.8 Å². The number of carbonyl (C=O) groups is 1. The highest BCUT2D eigenvalue weighted by molar-refractivity contribution is 7.10. The Kier molecular flexibility index (Phi) is 4.79. The number of rotatable bonds is 4. The highest BCUT2D eigenvalue weighted by Gasteiger charge is 2.28. The van der Waals surface area contributed by atoms with E-state index in [2.05, 4.69) is 15.3 Å². The Balaban J connectivity index is 1.36. The van der Waals surface area contributed by atoms with E-state index in [-0.39, 0.29) is 12.0 Å². The zero-order valence-electron chi connectivity index (χ0n) is 15.6. The molecule has 1 aliphatic heterocycles. The summed E-state index contributed by atoms with van der Waals surface area (Å²) in [7, 11) is 0. The smallest absolute Gasteiger partial charge is 0.228 e. The zero-order valence-corrected chi connectivity index (χ0v) is 16.5. The van der Waals surface area contributed by atoms with Crippen molar-refractivity contribution in [2.75, 3.05) is 19.7 Å². The van der Waals surface area contributed by atoms with Gasteiger partial charge in [-0.05, 0) is 35.2 Å². The number of hydrogen-bond donors (Lipinski definition) is 0. The maximum absolute atomic E-state index is 12.7. The third-order valence-corrected chi connectivity index (χ3v) is 5.96. The lowest BCUT2D eigenvalue weighted by Gasteiger charge is -2.32. The van der Waals surface area contributed by atoms with E-state index in [4.69, 9.17) is 4.74 Å². The van der Waals surface area contributed by atoms with Gasteiger partial charge in [-0.15, -0.1) is 16.4 Å². The maximum Gasteiger partial charge on any atom is 0.228 e. The van der Waals surface area contributed by atoms with Gasteiger partial charge in [-0.2, -0.15) is 0 Å². The molecule has 7 nitrogen and oxygen atoms in total. The van der Waals surface area contributed by atoms with Gasteiger partial charge < -0.3 is 9.64 Å². The highest BCUT2D eigenvalue weighted by Crippen LogP contribution is 2.27. The van der Waals surface area contributed by atoms with Crippen LogP contribution in [0.5, 0.6) is 0 Å². The predicted octanol–water partition coefficient (Wildman–Crippen LogP) is 3.00. The Hall–Kier alpha value is -3.10. The van der Waals surface area contributed by atoms with E-state index in [9.17, 15) is 4.79 Å². The van der Waals surface area contributed by atoms with Crippen molar-refractivity contribution < 1.29 is 9.53 Å². The van der Waals surface area contributed by atoms with Crippen molar-refractivity contribution in [2.45, 2.75) is 12.5 Å². The molecule has 146 valence electrons. The molecule has 0 spiro atoms. The summed E-state index contributed by atoms with van der Waals surface area (Å²) in [4.78, 5) is 19.7. The Labute approximate surface area is 171 Å². The fraction of sp³-hybridized carbons (Fsp3) is 0.238. The van der Waals surface area contributed by atoms with Crippen LogP contribution in [-0.4, -0.2) is 50.3 Å². The molecule has 29 heavy (non-hydrogen) atoms. The number of ether oxygens (including phenoxy) is 1. The number of fused-ring (bicyclic) bond motifs is 1. The molecule has 0 aliphatic carbocycles. The third kappa shape index (κ3) is 3.64. The number of pyridine rings is 2.